The Morgan fingerprint density at radius 1 is 1.12 bits per heavy atom. The zero-order valence-electron chi connectivity index (χ0n) is 19.6. The molecule has 9 nitrogen and oxygen atoms in total. The van der Waals surface area contributed by atoms with Gasteiger partial charge in [0.2, 0.25) is 0 Å². The minimum absolute atomic E-state index is 0.104. The highest BCUT2D eigenvalue weighted by Crippen LogP contribution is 2.25. The van der Waals surface area contributed by atoms with Crippen molar-refractivity contribution in [2.75, 3.05) is 50.8 Å². The summed E-state index contributed by atoms with van der Waals surface area (Å²) in [6.07, 6.45) is 3.15. The predicted octanol–water partition coefficient (Wildman–Crippen LogP) is 3.29. The molecule has 2 aliphatic heterocycles. The minimum Gasteiger partial charge on any atom is -0.492 e. The van der Waals surface area contributed by atoms with E-state index in [0.29, 0.717) is 61.8 Å². The van der Waals surface area contributed by atoms with Crippen molar-refractivity contribution in [3.05, 3.63) is 35.8 Å². The van der Waals surface area contributed by atoms with Gasteiger partial charge in [0.15, 0.2) is 0 Å². The van der Waals surface area contributed by atoms with Crippen LogP contribution in [0.15, 0.2) is 40.1 Å². The van der Waals surface area contributed by atoms with Crippen molar-refractivity contribution in [1.82, 2.24) is 14.2 Å². The summed E-state index contributed by atoms with van der Waals surface area (Å²) in [5.74, 6) is 1.92. The lowest BCUT2D eigenvalue weighted by Gasteiger charge is -2.34. The molecule has 0 N–H and O–H groups in total. The molecule has 4 heterocycles. The van der Waals surface area contributed by atoms with Gasteiger partial charge in [0.05, 0.1) is 18.9 Å². The number of hydrogen-bond acceptors (Lipinski definition) is 8. The van der Waals surface area contributed by atoms with Crippen LogP contribution in [-0.4, -0.2) is 80.7 Å². The van der Waals surface area contributed by atoms with Gasteiger partial charge in [-0.3, -0.25) is 0 Å². The summed E-state index contributed by atoms with van der Waals surface area (Å²) >= 11 is 1.25. The fourth-order valence-electron chi connectivity index (χ4n) is 4.11. The fraction of sp³-hybridized carbons (Fsp3) is 0.565. The Morgan fingerprint density at radius 3 is 2.44 bits per heavy atom. The largest absolute Gasteiger partial charge is 0.492 e. The SMILES string of the molecule is CC(C)OC(=O)N1CCC(COc2ccc(N3CCN(S(=O)(=O)c4cccs4)CC3)nc2)CC1. The van der Waals surface area contributed by atoms with E-state index in [1.807, 2.05) is 26.0 Å². The van der Waals surface area contributed by atoms with Crippen molar-refractivity contribution in [2.45, 2.75) is 37.0 Å². The third-order valence-electron chi connectivity index (χ3n) is 6.07. The Morgan fingerprint density at radius 2 is 1.85 bits per heavy atom. The Balaban J connectivity index is 1.21. The molecule has 0 atom stereocenters. The van der Waals surface area contributed by atoms with Gasteiger partial charge in [-0.15, -0.1) is 11.3 Å². The van der Waals surface area contributed by atoms with Gasteiger partial charge in [-0.25, -0.2) is 18.2 Å². The number of rotatable bonds is 7. The highest BCUT2D eigenvalue weighted by molar-refractivity contribution is 7.91. The van der Waals surface area contributed by atoms with E-state index < -0.39 is 10.0 Å². The summed E-state index contributed by atoms with van der Waals surface area (Å²) in [5, 5.41) is 1.78. The van der Waals surface area contributed by atoms with Crippen LogP contribution in [0.5, 0.6) is 5.75 Å². The maximum atomic E-state index is 12.7. The molecule has 186 valence electrons. The van der Waals surface area contributed by atoms with E-state index in [0.717, 1.165) is 18.7 Å². The molecular weight excluding hydrogens is 476 g/mol. The highest BCUT2D eigenvalue weighted by atomic mass is 32.2. The highest BCUT2D eigenvalue weighted by Gasteiger charge is 2.29. The number of likely N-dealkylation sites (tertiary alicyclic amines) is 1. The van der Waals surface area contributed by atoms with Gasteiger partial charge in [0.25, 0.3) is 10.0 Å². The molecule has 0 spiro atoms. The number of ether oxygens (including phenoxy) is 2. The summed E-state index contributed by atoms with van der Waals surface area (Å²) in [4.78, 5) is 20.4. The van der Waals surface area contributed by atoms with Crippen molar-refractivity contribution in [3.63, 3.8) is 0 Å². The lowest BCUT2D eigenvalue weighted by atomic mass is 9.98. The number of piperazine rings is 1. The minimum atomic E-state index is -3.41. The number of sulfonamides is 1. The quantitative estimate of drug-likeness (QED) is 0.567. The maximum Gasteiger partial charge on any atom is 0.410 e. The number of nitrogens with zero attached hydrogens (tertiary/aromatic N) is 4. The Hall–Kier alpha value is -2.37. The molecule has 2 fully saturated rings. The number of pyridine rings is 1. The molecule has 4 rings (SSSR count). The van der Waals surface area contributed by atoms with E-state index in [1.54, 1.807) is 32.9 Å². The van der Waals surface area contributed by atoms with Crippen molar-refractivity contribution in [1.29, 1.82) is 0 Å². The van der Waals surface area contributed by atoms with Crippen LogP contribution in [-0.2, 0) is 14.8 Å². The molecule has 1 amide bonds. The topological polar surface area (TPSA) is 92.3 Å². The standard InChI is InChI=1S/C23H32N4O5S2/c1-18(2)32-23(28)26-9-7-19(8-10-26)17-31-20-5-6-21(24-16-20)25-11-13-27(14-12-25)34(29,30)22-4-3-15-33-22/h3-6,15-16,18-19H,7-14,17H2,1-2H3. The monoisotopic (exact) mass is 508 g/mol. The number of amides is 1. The van der Waals surface area contributed by atoms with Gasteiger partial charge in [-0.05, 0) is 56.2 Å². The molecule has 0 bridgehead atoms. The lowest BCUT2D eigenvalue weighted by Crippen LogP contribution is -2.48. The molecule has 0 aromatic carbocycles. The van der Waals surface area contributed by atoms with Gasteiger partial charge in [0.1, 0.15) is 15.8 Å². The molecule has 2 aliphatic rings. The maximum absolute atomic E-state index is 12.7. The summed E-state index contributed by atoms with van der Waals surface area (Å²) in [7, 11) is -3.41. The van der Waals surface area contributed by atoms with Crippen LogP contribution in [0.2, 0.25) is 0 Å². The number of carbonyl (C=O) groups is 1. The molecule has 0 radical (unpaired) electrons. The van der Waals surface area contributed by atoms with Gasteiger partial charge in [-0.1, -0.05) is 6.07 Å². The molecule has 34 heavy (non-hydrogen) atoms. The average Bonchev–Trinajstić information content (AvgIpc) is 3.39. The van der Waals surface area contributed by atoms with Crippen LogP contribution in [0.25, 0.3) is 0 Å². The number of hydrogen-bond donors (Lipinski definition) is 0. The Bertz CT molecular complexity index is 1030. The van der Waals surface area contributed by atoms with Crippen molar-refractivity contribution >= 4 is 33.3 Å². The van der Waals surface area contributed by atoms with Crippen LogP contribution in [0, 0.1) is 5.92 Å². The third kappa shape index (κ3) is 6.00. The first-order chi connectivity index (χ1) is 16.3. The van der Waals surface area contributed by atoms with Crippen LogP contribution in [0.1, 0.15) is 26.7 Å². The molecule has 0 unspecified atom stereocenters. The van der Waals surface area contributed by atoms with E-state index in [9.17, 15) is 13.2 Å². The van der Waals surface area contributed by atoms with E-state index >= 15 is 0 Å². The molecule has 2 aromatic rings. The normalized spacial score (nSPS) is 18.3. The number of anilines is 1. The van der Waals surface area contributed by atoms with Crippen LogP contribution in [0.4, 0.5) is 10.6 Å². The van der Waals surface area contributed by atoms with E-state index in [4.69, 9.17) is 9.47 Å². The number of carbonyl (C=O) groups excluding carboxylic acids is 1. The van der Waals surface area contributed by atoms with E-state index in [-0.39, 0.29) is 12.2 Å². The first-order valence-corrected chi connectivity index (χ1v) is 14.0. The van der Waals surface area contributed by atoms with E-state index in [1.165, 1.54) is 11.3 Å². The molecular formula is C23H32N4O5S2. The molecule has 11 heteroatoms. The number of piperidine rings is 1. The zero-order valence-corrected chi connectivity index (χ0v) is 21.3. The second kappa shape index (κ2) is 10.9. The average molecular weight is 509 g/mol. The molecule has 2 saturated heterocycles. The zero-order chi connectivity index (χ0) is 24.1. The van der Waals surface area contributed by atoms with Crippen molar-refractivity contribution in [3.8, 4) is 5.75 Å². The summed E-state index contributed by atoms with van der Waals surface area (Å²) in [6, 6.07) is 7.24. The van der Waals surface area contributed by atoms with Gasteiger partial charge >= 0.3 is 6.09 Å². The Labute approximate surface area is 205 Å². The first kappa shape index (κ1) is 24.7. The second-order valence-electron chi connectivity index (χ2n) is 8.85. The van der Waals surface area contributed by atoms with Crippen molar-refractivity contribution < 1.29 is 22.7 Å². The van der Waals surface area contributed by atoms with Crippen molar-refractivity contribution in [2.24, 2.45) is 5.92 Å². The predicted molar refractivity (Wildman–Crippen MR) is 131 cm³/mol. The second-order valence-corrected chi connectivity index (χ2v) is 12.0. The van der Waals surface area contributed by atoms with Gasteiger partial charge in [-0.2, -0.15) is 4.31 Å². The summed E-state index contributed by atoms with van der Waals surface area (Å²) in [5.41, 5.74) is 0. The van der Waals surface area contributed by atoms with Gasteiger partial charge in [0, 0.05) is 39.3 Å². The van der Waals surface area contributed by atoms with E-state index in [2.05, 4.69) is 9.88 Å². The van der Waals surface area contributed by atoms with Crippen LogP contribution in [0.3, 0.4) is 0 Å². The van der Waals surface area contributed by atoms with Gasteiger partial charge < -0.3 is 19.3 Å². The third-order valence-corrected chi connectivity index (χ3v) is 9.34. The fourth-order valence-corrected chi connectivity index (χ4v) is 6.68. The van der Waals surface area contributed by atoms with Crippen LogP contribution < -0.4 is 9.64 Å². The number of thiophene rings is 1. The molecule has 2 aromatic heterocycles. The summed E-state index contributed by atoms with van der Waals surface area (Å²) in [6.45, 7) is 7.73. The lowest BCUT2D eigenvalue weighted by molar-refractivity contribution is 0.0608. The first-order valence-electron chi connectivity index (χ1n) is 11.7. The van der Waals surface area contributed by atoms with Crippen LogP contribution >= 0.6 is 11.3 Å². The smallest absolute Gasteiger partial charge is 0.410 e. The molecule has 0 aliphatic carbocycles. The summed E-state index contributed by atoms with van der Waals surface area (Å²) < 4.78 is 38.5. The Kier molecular flexibility index (Phi) is 7.95. The molecule has 0 saturated carbocycles. The number of aromatic nitrogens is 1.